The van der Waals surface area contributed by atoms with Gasteiger partial charge in [0, 0.05) is 32.7 Å². The molecule has 4 N–H and O–H groups in total. The largest absolute Gasteiger partial charge is 0.393 e. The Morgan fingerprint density at radius 2 is 1.95 bits per heavy atom. The number of aromatic nitrogens is 2. The van der Waals surface area contributed by atoms with Gasteiger partial charge in [-0.25, -0.2) is 9.97 Å². The van der Waals surface area contributed by atoms with Gasteiger partial charge in [-0.2, -0.15) is 0 Å². The molecule has 0 unspecified atom stereocenters. The molecule has 0 aliphatic carbocycles. The Balaban J connectivity index is 1.83. The molecule has 1 aromatic rings. The first kappa shape index (κ1) is 13.8. The lowest BCUT2D eigenvalue weighted by atomic mass is 10.4. The van der Waals surface area contributed by atoms with Gasteiger partial charge in [0.05, 0.1) is 13.2 Å². The molecular formula is C12H22N6O. The van der Waals surface area contributed by atoms with Gasteiger partial charge in [0.15, 0.2) is 11.6 Å². The summed E-state index contributed by atoms with van der Waals surface area (Å²) >= 11 is 0. The average molecular weight is 266 g/mol. The fourth-order valence-electron chi connectivity index (χ4n) is 2.00. The number of nitrogen functional groups attached to an aromatic ring is 1. The second-order valence-corrected chi connectivity index (χ2v) is 4.40. The van der Waals surface area contributed by atoms with E-state index >= 15 is 0 Å². The monoisotopic (exact) mass is 266 g/mol. The lowest BCUT2D eigenvalue weighted by Gasteiger charge is -2.26. The molecule has 106 valence electrons. The van der Waals surface area contributed by atoms with Crippen LogP contribution in [0.2, 0.25) is 0 Å². The van der Waals surface area contributed by atoms with Crippen molar-refractivity contribution in [3.05, 3.63) is 6.33 Å². The van der Waals surface area contributed by atoms with Gasteiger partial charge in [0.2, 0.25) is 0 Å². The quantitative estimate of drug-likeness (QED) is 0.679. The number of anilines is 3. The number of ether oxygens (including phenoxy) is 1. The van der Waals surface area contributed by atoms with E-state index in [1.807, 2.05) is 6.92 Å². The highest BCUT2D eigenvalue weighted by Gasteiger charge is 2.10. The van der Waals surface area contributed by atoms with Crippen molar-refractivity contribution in [3.63, 3.8) is 0 Å². The Labute approximate surface area is 113 Å². The Hall–Kier alpha value is -1.60. The van der Waals surface area contributed by atoms with E-state index in [9.17, 15) is 0 Å². The van der Waals surface area contributed by atoms with Crippen molar-refractivity contribution in [1.29, 1.82) is 0 Å². The molecule has 0 amide bonds. The first-order valence-corrected chi connectivity index (χ1v) is 6.69. The van der Waals surface area contributed by atoms with E-state index in [1.165, 1.54) is 6.33 Å². The lowest BCUT2D eigenvalue weighted by Crippen LogP contribution is -2.39. The maximum Gasteiger partial charge on any atom is 0.154 e. The molecule has 1 fully saturated rings. The highest BCUT2D eigenvalue weighted by Crippen LogP contribution is 2.21. The van der Waals surface area contributed by atoms with Crippen LogP contribution in [0.1, 0.15) is 6.92 Å². The third-order valence-corrected chi connectivity index (χ3v) is 3.05. The van der Waals surface area contributed by atoms with Gasteiger partial charge in [-0.1, -0.05) is 0 Å². The summed E-state index contributed by atoms with van der Waals surface area (Å²) in [7, 11) is 0. The summed E-state index contributed by atoms with van der Waals surface area (Å²) in [6.45, 7) is 8.19. The van der Waals surface area contributed by atoms with E-state index in [2.05, 4.69) is 25.5 Å². The lowest BCUT2D eigenvalue weighted by molar-refractivity contribution is 0.0398. The van der Waals surface area contributed by atoms with Crippen molar-refractivity contribution in [2.24, 2.45) is 0 Å². The van der Waals surface area contributed by atoms with E-state index < -0.39 is 0 Å². The van der Waals surface area contributed by atoms with Crippen LogP contribution >= 0.6 is 0 Å². The number of rotatable bonds is 6. The zero-order valence-electron chi connectivity index (χ0n) is 11.4. The van der Waals surface area contributed by atoms with Gasteiger partial charge in [-0.15, -0.1) is 0 Å². The minimum absolute atomic E-state index is 0.575. The van der Waals surface area contributed by atoms with Gasteiger partial charge in [-0.05, 0) is 6.92 Å². The molecular weight excluding hydrogens is 244 g/mol. The van der Waals surface area contributed by atoms with Crippen LogP contribution in [0.5, 0.6) is 0 Å². The first-order chi connectivity index (χ1) is 9.31. The predicted octanol–water partition coefficient (Wildman–Crippen LogP) is 0.235. The number of hydrogen-bond donors (Lipinski definition) is 3. The van der Waals surface area contributed by atoms with Gasteiger partial charge >= 0.3 is 0 Å². The topological polar surface area (TPSA) is 88.3 Å². The molecule has 2 rings (SSSR count). The van der Waals surface area contributed by atoms with E-state index in [4.69, 9.17) is 10.5 Å². The molecule has 7 heteroatoms. The summed E-state index contributed by atoms with van der Waals surface area (Å²) in [4.78, 5) is 10.6. The second kappa shape index (κ2) is 7.10. The summed E-state index contributed by atoms with van der Waals surface area (Å²) in [5.74, 6) is 1.38. The molecule has 0 radical (unpaired) electrons. The smallest absolute Gasteiger partial charge is 0.154 e. The van der Waals surface area contributed by atoms with Crippen LogP contribution in [0, 0.1) is 0 Å². The average Bonchev–Trinajstić information content (AvgIpc) is 2.44. The minimum Gasteiger partial charge on any atom is -0.393 e. The summed E-state index contributed by atoms with van der Waals surface area (Å²) in [5.41, 5.74) is 6.58. The molecule has 0 saturated carbocycles. The fraction of sp³-hybridized carbons (Fsp3) is 0.667. The van der Waals surface area contributed by atoms with Crippen molar-refractivity contribution in [1.82, 2.24) is 14.9 Å². The third-order valence-electron chi connectivity index (χ3n) is 3.05. The van der Waals surface area contributed by atoms with Crippen molar-refractivity contribution in [2.75, 3.05) is 62.3 Å². The summed E-state index contributed by atoms with van der Waals surface area (Å²) < 4.78 is 5.32. The summed E-state index contributed by atoms with van der Waals surface area (Å²) in [5, 5.41) is 6.37. The molecule has 0 atom stereocenters. The molecule has 2 heterocycles. The van der Waals surface area contributed by atoms with Crippen molar-refractivity contribution < 1.29 is 4.74 Å². The number of nitrogens with two attached hydrogens (primary N) is 1. The molecule has 0 aromatic carbocycles. The van der Waals surface area contributed by atoms with E-state index in [1.54, 1.807) is 0 Å². The van der Waals surface area contributed by atoms with Crippen LogP contribution in [-0.2, 0) is 4.74 Å². The van der Waals surface area contributed by atoms with E-state index in [0.717, 1.165) is 45.9 Å². The molecule has 1 saturated heterocycles. The van der Waals surface area contributed by atoms with Gasteiger partial charge in [0.1, 0.15) is 12.0 Å². The Morgan fingerprint density at radius 3 is 2.63 bits per heavy atom. The maximum absolute atomic E-state index is 6.01. The Kier molecular flexibility index (Phi) is 5.17. The van der Waals surface area contributed by atoms with Crippen molar-refractivity contribution in [2.45, 2.75) is 6.92 Å². The zero-order valence-corrected chi connectivity index (χ0v) is 11.4. The van der Waals surface area contributed by atoms with Crippen LogP contribution in [0.4, 0.5) is 17.3 Å². The molecule has 1 aliphatic rings. The second-order valence-electron chi connectivity index (χ2n) is 4.40. The Bertz CT molecular complexity index is 394. The van der Waals surface area contributed by atoms with Crippen LogP contribution < -0.4 is 16.4 Å². The van der Waals surface area contributed by atoms with Crippen LogP contribution in [0.15, 0.2) is 6.33 Å². The highest BCUT2D eigenvalue weighted by atomic mass is 16.5. The number of hydrogen-bond acceptors (Lipinski definition) is 7. The van der Waals surface area contributed by atoms with Crippen LogP contribution in [0.3, 0.4) is 0 Å². The standard InChI is InChI=1S/C12H22N6O/c1-2-14-11-10(13)12(17-9-16-11)15-3-4-18-5-7-19-8-6-18/h9H,2-8,13H2,1H3,(H2,14,15,16,17). The molecule has 7 nitrogen and oxygen atoms in total. The molecule has 1 aromatic heterocycles. The SMILES string of the molecule is CCNc1ncnc(NCCN2CCOCC2)c1N. The summed E-state index contributed by atoms with van der Waals surface area (Å²) in [6, 6.07) is 0. The minimum atomic E-state index is 0.575. The Morgan fingerprint density at radius 1 is 1.26 bits per heavy atom. The predicted molar refractivity (Wildman–Crippen MR) is 76.4 cm³/mol. The van der Waals surface area contributed by atoms with E-state index in [-0.39, 0.29) is 0 Å². The molecule has 19 heavy (non-hydrogen) atoms. The van der Waals surface area contributed by atoms with Gasteiger partial charge in [-0.3, -0.25) is 4.90 Å². The number of nitrogens with zero attached hydrogens (tertiary/aromatic N) is 3. The first-order valence-electron chi connectivity index (χ1n) is 6.69. The zero-order chi connectivity index (χ0) is 13.5. The van der Waals surface area contributed by atoms with Gasteiger partial charge in [0.25, 0.3) is 0 Å². The number of nitrogens with one attached hydrogen (secondary N) is 2. The van der Waals surface area contributed by atoms with E-state index in [0.29, 0.717) is 17.3 Å². The number of morpholine rings is 1. The van der Waals surface area contributed by atoms with Crippen LogP contribution in [-0.4, -0.2) is 60.8 Å². The molecule has 0 bridgehead atoms. The third kappa shape index (κ3) is 3.93. The van der Waals surface area contributed by atoms with Crippen LogP contribution in [0.25, 0.3) is 0 Å². The highest BCUT2D eigenvalue weighted by molar-refractivity contribution is 5.73. The van der Waals surface area contributed by atoms with Gasteiger partial charge < -0.3 is 21.1 Å². The molecule has 1 aliphatic heterocycles. The summed E-state index contributed by atoms with van der Waals surface area (Å²) in [6.07, 6.45) is 1.52. The van der Waals surface area contributed by atoms with Crippen molar-refractivity contribution in [3.8, 4) is 0 Å². The maximum atomic E-state index is 6.01. The fourth-order valence-corrected chi connectivity index (χ4v) is 2.00. The van der Waals surface area contributed by atoms with Crippen molar-refractivity contribution >= 4 is 17.3 Å². The molecule has 0 spiro atoms. The normalized spacial score (nSPS) is 16.3.